The van der Waals surface area contributed by atoms with E-state index in [0.717, 1.165) is 15.5 Å². The van der Waals surface area contributed by atoms with Crippen molar-refractivity contribution in [2.45, 2.75) is 45.8 Å². The van der Waals surface area contributed by atoms with Gasteiger partial charge < -0.3 is 9.31 Å². The number of benzene rings is 1. The van der Waals surface area contributed by atoms with Gasteiger partial charge in [0.1, 0.15) is 0 Å². The molecule has 0 amide bonds. The van der Waals surface area contributed by atoms with Gasteiger partial charge in [0.05, 0.1) is 11.2 Å². The maximum absolute atomic E-state index is 6.11. The maximum Gasteiger partial charge on any atom is 0.491 e. The molecular formula is C16H22BBrO2S. The Morgan fingerprint density at radius 2 is 1.81 bits per heavy atom. The third-order valence-electron chi connectivity index (χ3n) is 4.39. The van der Waals surface area contributed by atoms with Gasteiger partial charge >= 0.3 is 7.12 Å². The predicted molar refractivity (Wildman–Crippen MR) is 96.8 cm³/mol. The van der Waals surface area contributed by atoms with E-state index in [0.29, 0.717) is 5.75 Å². The molecule has 1 aromatic rings. The largest absolute Gasteiger partial charge is 0.491 e. The first kappa shape index (κ1) is 17.1. The fourth-order valence-corrected chi connectivity index (χ4v) is 2.78. The summed E-state index contributed by atoms with van der Waals surface area (Å²) in [6.45, 7) is 10.3. The lowest BCUT2D eigenvalue weighted by Crippen LogP contribution is -2.41. The predicted octanol–water partition coefficient (Wildman–Crippen LogP) is 4.70. The number of halogens is 1. The molecule has 1 fully saturated rings. The lowest BCUT2D eigenvalue weighted by atomic mass is 9.78. The van der Waals surface area contributed by atoms with Crippen molar-refractivity contribution in [2.24, 2.45) is 0 Å². The van der Waals surface area contributed by atoms with Crippen LogP contribution in [0.2, 0.25) is 0 Å². The molecular weight excluding hydrogens is 347 g/mol. The van der Waals surface area contributed by atoms with E-state index in [-0.39, 0.29) is 18.3 Å². The highest BCUT2D eigenvalue weighted by Crippen LogP contribution is 2.39. The Labute approximate surface area is 142 Å². The Kier molecular flexibility index (Phi) is 4.99. The number of hydrogen-bond acceptors (Lipinski definition) is 3. The molecule has 0 saturated carbocycles. The van der Waals surface area contributed by atoms with Gasteiger partial charge in [0.15, 0.2) is 0 Å². The van der Waals surface area contributed by atoms with E-state index >= 15 is 0 Å². The van der Waals surface area contributed by atoms with E-state index in [1.54, 1.807) is 0 Å². The van der Waals surface area contributed by atoms with Crippen molar-refractivity contribution in [3.8, 4) is 0 Å². The van der Waals surface area contributed by atoms with Crippen molar-refractivity contribution in [1.82, 2.24) is 0 Å². The van der Waals surface area contributed by atoms with Gasteiger partial charge in [-0.25, -0.2) is 0 Å². The molecule has 2 nitrogen and oxygen atoms in total. The minimum absolute atomic E-state index is 0.327. The molecule has 21 heavy (non-hydrogen) atoms. The molecule has 0 unspecified atom stereocenters. The van der Waals surface area contributed by atoms with E-state index < -0.39 is 0 Å². The third-order valence-corrected chi connectivity index (χ3v) is 5.61. The van der Waals surface area contributed by atoms with Crippen molar-refractivity contribution in [3.05, 3.63) is 39.3 Å². The summed E-state index contributed by atoms with van der Waals surface area (Å²) in [7, 11) is -0.342. The summed E-state index contributed by atoms with van der Waals surface area (Å²) in [4.78, 5) is 0. The molecule has 0 spiro atoms. The van der Waals surface area contributed by atoms with Crippen molar-refractivity contribution in [3.63, 3.8) is 0 Å². The van der Waals surface area contributed by atoms with Crippen LogP contribution >= 0.6 is 28.6 Å². The van der Waals surface area contributed by atoms with Gasteiger partial charge in [-0.05, 0) is 57.3 Å². The van der Waals surface area contributed by atoms with E-state index in [2.05, 4.69) is 75.3 Å². The first-order chi connectivity index (χ1) is 9.68. The highest BCUT2D eigenvalue weighted by atomic mass is 79.9. The van der Waals surface area contributed by atoms with E-state index in [9.17, 15) is 0 Å². The first-order valence-electron chi connectivity index (χ1n) is 7.10. The van der Waals surface area contributed by atoms with Gasteiger partial charge in [-0.3, -0.25) is 0 Å². The molecule has 0 aliphatic carbocycles. The average Bonchev–Trinajstić information content (AvgIpc) is 2.60. The Morgan fingerprint density at radius 3 is 2.33 bits per heavy atom. The van der Waals surface area contributed by atoms with Crippen LogP contribution in [0.5, 0.6) is 0 Å². The van der Waals surface area contributed by atoms with Crippen molar-refractivity contribution in [2.75, 3.05) is 5.75 Å². The molecule has 1 aliphatic heterocycles. The molecule has 1 aliphatic rings. The van der Waals surface area contributed by atoms with E-state index in [1.165, 1.54) is 5.56 Å². The summed E-state index contributed by atoms with van der Waals surface area (Å²) < 4.78 is 13.3. The van der Waals surface area contributed by atoms with Gasteiger partial charge in [-0.1, -0.05) is 34.1 Å². The van der Waals surface area contributed by atoms with Crippen LogP contribution in [-0.4, -0.2) is 24.1 Å². The van der Waals surface area contributed by atoms with Crippen LogP contribution in [0.4, 0.5) is 0 Å². The Bertz CT molecular complexity index is 553. The van der Waals surface area contributed by atoms with Crippen molar-refractivity contribution in [1.29, 1.82) is 0 Å². The van der Waals surface area contributed by atoms with Crippen LogP contribution in [0.15, 0.2) is 28.1 Å². The Hall–Kier alpha value is -0.225. The van der Waals surface area contributed by atoms with E-state index in [1.807, 2.05) is 12.1 Å². The molecule has 114 valence electrons. The zero-order valence-corrected chi connectivity index (χ0v) is 15.7. The minimum Gasteiger partial charge on any atom is -0.400 e. The van der Waals surface area contributed by atoms with Crippen LogP contribution in [0.3, 0.4) is 0 Å². The number of rotatable bonds is 3. The molecule has 1 saturated heterocycles. The first-order valence-corrected chi connectivity index (χ1v) is 8.52. The van der Waals surface area contributed by atoms with Crippen LogP contribution < -0.4 is 0 Å². The summed E-state index contributed by atoms with van der Waals surface area (Å²) in [5.41, 5.74) is 2.74. The van der Waals surface area contributed by atoms with E-state index in [4.69, 9.17) is 9.31 Å². The van der Waals surface area contributed by atoms with Crippen molar-refractivity contribution < 1.29 is 9.31 Å². The fraction of sp³-hybridized carbons (Fsp3) is 0.500. The van der Waals surface area contributed by atoms with Gasteiger partial charge in [0.2, 0.25) is 0 Å². The summed E-state index contributed by atoms with van der Waals surface area (Å²) in [5.74, 6) is 0.600. The van der Waals surface area contributed by atoms with Crippen LogP contribution in [0.1, 0.15) is 38.8 Å². The molecule has 0 bridgehead atoms. The second-order valence-corrected chi connectivity index (χ2v) is 7.59. The molecule has 0 aromatic heterocycles. The zero-order chi connectivity index (χ0) is 15.8. The molecule has 1 heterocycles. The van der Waals surface area contributed by atoms with Gasteiger partial charge in [0, 0.05) is 10.2 Å². The molecule has 0 atom stereocenters. The monoisotopic (exact) mass is 368 g/mol. The normalized spacial score (nSPS) is 20.9. The molecule has 0 radical (unpaired) electrons. The smallest absolute Gasteiger partial charge is 0.400 e. The Morgan fingerprint density at radius 1 is 1.24 bits per heavy atom. The van der Waals surface area contributed by atoms with Crippen LogP contribution in [0, 0.1) is 6.92 Å². The number of thiol groups is 1. The lowest BCUT2D eigenvalue weighted by Gasteiger charge is -2.32. The number of hydrogen-bond donors (Lipinski definition) is 1. The summed E-state index contributed by atoms with van der Waals surface area (Å²) in [6.07, 6.45) is 2.12. The summed E-state index contributed by atoms with van der Waals surface area (Å²) in [5, 5.41) is 0. The third kappa shape index (κ3) is 3.41. The lowest BCUT2D eigenvalue weighted by molar-refractivity contribution is 0.00578. The topological polar surface area (TPSA) is 18.5 Å². The van der Waals surface area contributed by atoms with Gasteiger partial charge in [0.25, 0.3) is 0 Å². The zero-order valence-electron chi connectivity index (χ0n) is 13.2. The minimum atomic E-state index is -0.342. The average molecular weight is 369 g/mol. The maximum atomic E-state index is 6.11. The molecule has 1 aromatic carbocycles. The standard InChI is InChI=1S/C16H22BBrO2S/c1-11-12(7-6-8-14(11)18)9-13(10-21)17-19-15(2,3)16(4,5)20-17/h6-9,21H,10H2,1-5H3. The highest BCUT2D eigenvalue weighted by molar-refractivity contribution is 9.10. The second kappa shape index (κ2) is 6.11. The molecule has 0 N–H and O–H groups in total. The second-order valence-electron chi connectivity index (χ2n) is 6.42. The fourth-order valence-electron chi connectivity index (χ4n) is 2.16. The summed E-state index contributed by atoms with van der Waals surface area (Å²) in [6, 6.07) is 6.17. The van der Waals surface area contributed by atoms with Crippen molar-refractivity contribution >= 4 is 41.8 Å². The van der Waals surface area contributed by atoms with Crippen LogP contribution in [0.25, 0.3) is 6.08 Å². The van der Waals surface area contributed by atoms with Gasteiger partial charge in [-0.2, -0.15) is 12.6 Å². The molecule has 5 heteroatoms. The van der Waals surface area contributed by atoms with Crippen LogP contribution in [-0.2, 0) is 9.31 Å². The summed E-state index contributed by atoms with van der Waals surface area (Å²) >= 11 is 8.02. The highest BCUT2D eigenvalue weighted by Gasteiger charge is 2.52. The molecule has 2 rings (SSSR count). The quantitative estimate of drug-likeness (QED) is 0.615. The Balaban J connectivity index is 2.33. The van der Waals surface area contributed by atoms with Gasteiger partial charge in [-0.15, -0.1) is 0 Å². The SMILES string of the molecule is Cc1c(Br)cccc1C=C(CS)B1OC(C)(C)C(C)(C)O1.